The number of primary amides is 2. The van der Waals surface area contributed by atoms with Crippen LogP contribution < -0.4 is 22.1 Å². The van der Waals surface area contributed by atoms with Crippen LogP contribution in [0, 0.1) is 10.8 Å². The molecule has 258 valence electrons. The second kappa shape index (κ2) is 16.9. The van der Waals surface area contributed by atoms with Gasteiger partial charge in [-0.05, 0) is 87.2 Å². The van der Waals surface area contributed by atoms with Crippen LogP contribution in [0.4, 0.5) is 0 Å². The van der Waals surface area contributed by atoms with E-state index < -0.39 is 59.3 Å². The Kier molecular flexibility index (Phi) is 13.9. The van der Waals surface area contributed by atoms with Crippen molar-refractivity contribution in [1.29, 1.82) is 10.8 Å². The highest BCUT2D eigenvalue weighted by molar-refractivity contribution is 6.01. The minimum absolute atomic E-state index is 0. The Bertz CT molecular complexity index is 1610. The highest BCUT2D eigenvalue weighted by Gasteiger charge is 2.51. The molecule has 14 heteroatoms. The van der Waals surface area contributed by atoms with Crippen molar-refractivity contribution in [2.75, 3.05) is 6.54 Å². The molecule has 0 saturated carbocycles. The third-order valence-corrected chi connectivity index (χ3v) is 8.53. The van der Waals surface area contributed by atoms with Crippen LogP contribution in [0.2, 0.25) is 0 Å². The van der Waals surface area contributed by atoms with Gasteiger partial charge in [-0.3, -0.25) is 24.1 Å². The van der Waals surface area contributed by atoms with Gasteiger partial charge in [0.15, 0.2) is 0 Å². The van der Waals surface area contributed by atoms with Crippen molar-refractivity contribution in [2.45, 2.75) is 82.1 Å². The van der Waals surface area contributed by atoms with E-state index in [1.54, 1.807) is 30.3 Å². The van der Waals surface area contributed by atoms with Crippen LogP contribution >= 0.6 is 12.4 Å². The number of nitrogens with one attached hydrogen (secondary N) is 2. The fraction of sp³-hybridized carbons (Fsp3) is 0.412. The number of phenolic OH excluding ortho intramolecular Hbond substituents is 1. The summed E-state index contributed by atoms with van der Waals surface area (Å²) in [5.74, 6) is -2.60. The van der Waals surface area contributed by atoms with E-state index in [-0.39, 0.29) is 31.0 Å². The molecule has 3 aromatic carbocycles. The Balaban J connectivity index is 0.00000262. The average Bonchev–Trinajstić information content (AvgIpc) is 3.47. The van der Waals surface area contributed by atoms with E-state index in [0.29, 0.717) is 30.5 Å². The highest BCUT2D eigenvalue weighted by atomic mass is 35.5. The number of hydrogen-bond donors (Lipinski definition) is 6. The van der Waals surface area contributed by atoms with Crippen molar-refractivity contribution in [3.63, 3.8) is 0 Å². The summed E-state index contributed by atoms with van der Waals surface area (Å²) in [6, 6.07) is 16.6. The van der Waals surface area contributed by atoms with Gasteiger partial charge in [0.25, 0.3) is 5.91 Å². The number of nitrogens with two attached hydrogens (primary N) is 2. The van der Waals surface area contributed by atoms with Crippen LogP contribution in [-0.2, 0) is 20.8 Å². The van der Waals surface area contributed by atoms with E-state index in [2.05, 4.69) is 10.6 Å². The normalized spacial score (nSPS) is 17.9. The monoisotopic (exact) mass is 681 g/mol. The molecular weight excluding hydrogens is 638 g/mol. The van der Waals surface area contributed by atoms with E-state index in [4.69, 9.17) is 22.3 Å². The van der Waals surface area contributed by atoms with Crippen molar-refractivity contribution >= 4 is 46.8 Å². The zero-order valence-corrected chi connectivity index (χ0v) is 28.1. The van der Waals surface area contributed by atoms with Crippen LogP contribution in [0.5, 0.6) is 5.75 Å². The molecule has 1 heterocycles. The predicted molar refractivity (Wildman–Crippen MR) is 182 cm³/mol. The fourth-order valence-corrected chi connectivity index (χ4v) is 6.35. The van der Waals surface area contributed by atoms with E-state index in [1.807, 2.05) is 49.9 Å². The lowest BCUT2D eigenvalue weighted by atomic mass is 9.82. The molecule has 4 atom stereocenters. The number of phenols is 1. The van der Waals surface area contributed by atoms with E-state index in [9.17, 15) is 29.4 Å². The molecular formula is C34H44ClN7O6. The van der Waals surface area contributed by atoms with Gasteiger partial charge in [0.2, 0.25) is 17.7 Å². The molecule has 1 fully saturated rings. The molecule has 0 aromatic heterocycles. The number of aromatic hydroxyl groups is 1. The SMILES string of the molecule is CC(C)(C)N1CCC[C@@]1(C[C@@H](O)[C@H](Cc1ccc(O)cc1)NC(=O)[C@H](CC(N)=O)NC(=O)c1ccc2ccccc2c1)C(N)=O.Cl.N#N. The van der Waals surface area contributed by atoms with Crippen molar-refractivity contribution < 1.29 is 29.4 Å². The maximum Gasteiger partial charge on any atom is 0.251 e. The number of rotatable bonds is 12. The Labute approximate surface area is 285 Å². The Morgan fingerprint density at radius 3 is 2.17 bits per heavy atom. The number of halogens is 1. The van der Waals surface area contributed by atoms with Gasteiger partial charge in [-0.15, -0.1) is 12.4 Å². The number of fused-ring (bicyclic) bond motifs is 1. The first-order valence-corrected chi connectivity index (χ1v) is 15.3. The van der Waals surface area contributed by atoms with E-state index in [0.717, 1.165) is 10.8 Å². The summed E-state index contributed by atoms with van der Waals surface area (Å²) in [7, 11) is 0. The van der Waals surface area contributed by atoms with Crippen LogP contribution in [0.25, 0.3) is 10.8 Å². The van der Waals surface area contributed by atoms with Gasteiger partial charge in [-0.1, -0.05) is 42.5 Å². The van der Waals surface area contributed by atoms with Crippen LogP contribution in [0.15, 0.2) is 66.7 Å². The Morgan fingerprint density at radius 1 is 0.958 bits per heavy atom. The van der Waals surface area contributed by atoms with Crippen LogP contribution in [0.3, 0.4) is 0 Å². The smallest absolute Gasteiger partial charge is 0.251 e. The quantitative estimate of drug-likeness (QED) is 0.154. The average molecular weight is 682 g/mol. The number of carbonyl (C=O) groups is 4. The molecule has 1 saturated heterocycles. The molecule has 13 nitrogen and oxygen atoms in total. The summed E-state index contributed by atoms with van der Waals surface area (Å²) >= 11 is 0. The van der Waals surface area contributed by atoms with Gasteiger partial charge in [0.05, 0.1) is 18.6 Å². The summed E-state index contributed by atoms with van der Waals surface area (Å²) in [4.78, 5) is 53.9. The van der Waals surface area contributed by atoms with Crippen molar-refractivity contribution in [3.05, 3.63) is 77.9 Å². The number of likely N-dealkylation sites (tertiary alicyclic amines) is 1. The largest absolute Gasteiger partial charge is 0.508 e. The van der Waals surface area contributed by atoms with Gasteiger partial charge < -0.3 is 32.3 Å². The topological polar surface area (TPSA) is 236 Å². The Hall–Kier alpha value is -4.77. The summed E-state index contributed by atoms with van der Waals surface area (Å²) in [5, 5.41) is 40.6. The molecule has 8 N–H and O–H groups in total. The second-order valence-electron chi connectivity index (χ2n) is 12.8. The predicted octanol–water partition coefficient (Wildman–Crippen LogP) is 2.57. The molecule has 0 spiro atoms. The number of hydrogen-bond acceptors (Lipinski definition) is 9. The first-order valence-electron chi connectivity index (χ1n) is 15.3. The zero-order chi connectivity index (χ0) is 34.9. The van der Waals surface area contributed by atoms with Gasteiger partial charge in [0, 0.05) is 28.3 Å². The summed E-state index contributed by atoms with van der Waals surface area (Å²) in [6.07, 6.45) is -0.488. The van der Waals surface area contributed by atoms with Crippen LogP contribution in [-0.4, -0.2) is 74.6 Å². The molecule has 0 radical (unpaired) electrons. The third-order valence-electron chi connectivity index (χ3n) is 8.53. The highest BCUT2D eigenvalue weighted by Crippen LogP contribution is 2.39. The lowest BCUT2D eigenvalue weighted by Gasteiger charge is -2.46. The number of benzene rings is 3. The maximum absolute atomic E-state index is 13.7. The van der Waals surface area contributed by atoms with Gasteiger partial charge in [-0.25, -0.2) is 0 Å². The van der Waals surface area contributed by atoms with Gasteiger partial charge in [0.1, 0.15) is 17.3 Å². The minimum atomic E-state index is -1.33. The minimum Gasteiger partial charge on any atom is -0.508 e. The molecule has 48 heavy (non-hydrogen) atoms. The number of aliphatic hydroxyl groups is 1. The Morgan fingerprint density at radius 2 is 1.58 bits per heavy atom. The molecule has 4 amide bonds. The summed E-state index contributed by atoms with van der Waals surface area (Å²) in [6.45, 7) is 6.55. The van der Waals surface area contributed by atoms with E-state index in [1.165, 1.54) is 12.1 Å². The standard InChI is InChI=1S/C34H43N5O6.ClH.N2/c1-33(2,3)39-16-6-15-34(39,32(36)45)20-28(41)26(17-21-9-13-25(40)14-10-21)37-31(44)27(19-29(35)42)38-30(43)24-12-11-22-7-4-5-8-23(22)18-24;;1-2/h4-5,7-14,18,26-28,40-41H,6,15-17,19-20H2,1-3H3,(H2,35,42)(H2,36,45)(H,37,44)(H,38,43);1H;/t26-,27-,28+,34+;;/m0../s1. The summed E-state index contributed by atoms with van der Waals surface area (Å²) < 4.78 is 0. The van der Waals surface area contributed by atoms with Crippen molar-refractivity contribution in [2.24, 2.45) is 11.5 Å². The summed E-state index contributed by atoms with van der Waals surface area (Å²) in [5.41, 5.74) is 10.9. The van der Waals surface area contributed by atoms with Crippen LogP contribution in [0.1, 0.15) is 62.4 Å². The molecule has 0 unspecified atom stereocenters. The molecule has 1 aliphatic rings. The molecule has 1 aliphatic heterocycles. The molecule has 4 rings (SSSR count). The number of nitrogens with zero attached hydrogens (tertiary/aromatic N) is 3. The van der Waals surface area contributed by atoms with Gasteiger partial charge in [-0.2, -0.15) is 0 Å². The lowest BCUT2D eigenvalue weighted by molar-refractivity contribution is -0.135. The van der Waals surface area contributed by atoms with Crippen molar-refractivity contribution in [3.8, 4) is 5.75 Å². The number of amides is 4. The zero-order valence-electron chi connectivity index (χ0n) is 27.3. The lowest BCUT2D eigenvalue weighted by Crippen LogP contribution is -2.63. The number of aliphatic hydroxyl groups excluding tert-OH is 1. The molecule has 3 aromatic rings. The third kappa shape index (κ3) is 9.63. The second-order valence-corrected chi connectivity index (χ2v) is 12.8. The first-order chi connectivity index (χ1) is 22.2. The van der Waals surface area contributed by atoms with Crippen molar-refractivity contribution in [1.82, 2.24) is 15.5 Å². The first kappa shape index (κ1) is 39.4. The molecule has 0 bridgehead atoms. The molecule has 0 aliphatic carbocycles. The van der Waals surface area contributed by atoms with Gasteiger partial charge >= 0.3 is 0 Å². The maximum atomic E-state index is 13.7. The fourth-order valence-electron chi connectivity index (χ4n) is 6.35. The van der Waals surface area contributed by atoms with E-state index >= 15 is 0 Å². The number of carbonyl (C=O) groups excluding carboxylic acids is 4.